The lowest BCUT2D eigenvalue weighted by Gasteiger charge is -2.37. The van der Waals surface area contributed by atoms with Gasteiger partial charge in [-0.2, -0.15) is 4.98 Å². The Bertz CT molecular complexity index is 1110. The van der Waals surface area contributed by atoms with Gasteiger partial charge in [0, 0.05) is 35.4 Å². The first-order valence-electron chi connectivity index (χ1n) is 12.3. The molecule has 6 nitrogen and oxygen atoms in total. The van der Waals surface area contributed by atoms with Crippen molar-refractivity contribution in [3.8, 4) is 11.4 Å². The quantitative estimate of drug-likeness (QED) is 0.442. The molecule has 178 valence electrons. The van der Waals surface area contributed by atoms with Crippen LogP contribution >= 0.6 is 11.6 Å². The zero-order chi connectivity index (χ0) is 23.5. The number of hydrogen-bond acceptors (Lipinski definition) is 5. The Hall–Kier alpha value is -2.86. The molecule has 2 heterocycles. The Kier molecular flexibility index (Phi) is 6.86. The van der Waals surface area contributed by atoms with Crippen molar-refractivity contribution >= 4 is 23.2 Å². The number of aryl methyl sites for hydroxylation is 1. The van der Waals surface area contributed by atoms with Crippen LogP contribution in [0.4, 0.5) is 5.69 Å². The van der Waals surface area contributed by atoms with E-state index < -0.39 is 0 Å². The average molecular weight is 479 g/mol. The van der Waals surface area contributed by atoms with Gasteiger partial charge in [-0.25, -0.2) is 0 Å². The lowest BCUT2D eigenvalue weighted by atomic mass is 9.95. The van der Waals surface area contributed by atoms with E-state index in [2.05, 4.69) is 46.2 Å². The highest BCUT2D eigenvalue weighted by molar-refractivity contribution is 6.30. The fourth-order valence-electron chi connectivity index (χ4n) is 5.19. The van der Waals surface area contributed by atoms with E-state index in [-0.39, 0.29) is 17.9 Å². The predicted molar refractivity (Wildman–Crippen MR) is 134 cm³/mol. The van der Waals surface area contributed by atoms with Gasteiger partial charge in [0.2, 0.25) is 17.6 Å². The summed E-state index contributed by atoms with van der Waals surface area (Å²) in [7, 11) is 0. The lowest BCUT2D eigenvalue weighted by Crippen LogP contribution is -2.47. The number of carbonyl (C=O) groups is 1. The minimum absolute atomic E-state index is 0.0192. The van der Waals surface area contributed by atoms with Gasteiger partial charge < -0.3 is 14.3 Å². The molecule has 34 heavy (non-hydrogen) atoms. The van der Waals surface area contributed by atoms with Crippen LogP contribution in [0.25, 0.3) is 11.4 Å². The zero-order valence-electron chi connectivity index (χ0n) is 19.6. The Balaban J connectivity index is 1.32. The van der Waals surface area contributed by atoms with Gasteiger partial charge in [-0.05, 0) is 69.0 Å². The maximum Gasteiger partial charge on any atom is 0.246 e. The van der Waals surface area contributed by atoms with Crippen LogP contribution in [0, 0.1) is 12.8 Å². The molecule has 7 heteroatoms. The molecule has 1 unspecified atom stereocenters. The average Bonchev–Trinajstić information content (AvgIpc) is 3.56. The molecule has 1 aromatic heterocycles. The van der Waals surface area contributed by atoms with E-state index in [0.717, 1.165) is 57.2 Å². The number of hydrogen-bond donors (Lipinski definition) is 0. The standard InChI is InChI=1S/C27H31ClN4O2/c1-19-8-14-23(15-9-19)31-16-4-5-21(17-31)27(33)32(24-6-2-3-7-24)18-25-29-26(30-34-25)20-10-12-22(28)13-11-20/h8-15,21,24H,2-7,16-18H2,1H3. The van der Waals surface area contributed by atoms with Crippen LogP contribution in [-0.4, -0.2) is 40.1 Å². The van der Waals surface area contributed by atoms with Crippen molar-refractivity contribution in [3.63, 3.8) is 0 Å². The monoisotopic (exact) mass is 478 g/mol. The molecule has 1 amide bonds. The minimum atomic E-state index is -0.0192. The molecule has 1 aliphatic carbocycles. The molecule has 1 saturated heterocycles. The fourth-order valence-corrected chi connectivity index (χ4v) is 5.31. The van der Waals surface area contributed by atoms with Gasteiger partial charge in [0.1, 0.15) is 6.54 Å². The van der Waals surface area contributed by atoms with Crippen molar-refractivity contribution in [2.75, 3.05) is 18.0 Å². The van der Waals surface area contributed by atoms with Crippen molar-refractivity contribution in [2.24, 2.45) is 5.92 Å². The van der Waals surface area contributed by atoms with E-state index in [4.69, 9.17) is 16.1 Å². The summed E-state index contributed by atoms with van der Waals surface area (Å²) in [6.07, 6.45) is 6.34. The molecule has 3 aromatic rings. The minimum Gasteiger partial charge on any atom is -0.371 e. The first kappa shape index (κ1) is 22.9. The van der Waals surface area contributed by atoms with Crippen LogP contribution in [0.5, 0.6) is 0 Å². The first-order valence-corrected chi connectivity index (χ1v) is 12.7. The largest absolute Gasteiger partial charge is 0.371 e. The normalized spacial score (nSPS) is 18.9. The Morgan fingerprint density at radius 3 is 2.53 bits per heavy atom. The number of piperidine rings is 1. The number of halogens is 1. The summed E-state index contributed by atoms with van der Waals surface area (Å²) in [6, 6.07) is 16.2. The maximum atomic E-state index is 13.8. The number of amides is 1. The molecular weight excluding hydrogens is 448 g/mol. The van der Waals surface area contributed by atoms with Crippen LogP contribution in [-0.2, 0) is 11.3 Å². The van der Waals surface area contributed by atoms with Crippen LogP contribution in [0.15, 0.2) is 53.1 Å². The van der Waals surface area contributed by atoms with Gasteiger partial charge in [-0.15, -0.1) is 0 Å². The Morgan fingerprint density at radius 2 is 1.79 bits per heavy atom. The fraction of sp³-hybridized carbons (Fsp3) is 0.444. The summed E-state index contributed by atoms with van der Waals surface area (Å²) in [5.41, 5.74) is 3.29. The van der Waals surface area contributed by atoms with Crippen LogP contribution < -0.4 is 4.90 Å². The second-order valence-electron chi connectivity index (χ2n) is 9.54. The van der Waals surface area contributed by atoms with E-state index in [9.17, 15) is 4.79 Å². The summed E-state index contributed by atoms with van der Waals surface area (Å²) in [5, 5.41) is 4.82. The number of anilines is 1. The van der Waals surface area contributed by atoms with E-state index in [0.29, 0.717) is 23.3 Å². The first-order chi connectivity index (χ1) is 16.6. The third kappa shape index (κ3) is 5.12. The smallest absolute Gasteiger partial charge is 0.246 e. The van der Waals surface area contributed by atoms with Crippen molar-refractivity contribution in [2.45, 2.75) is 58.0 Å². The highest BCUT2D eigenvalue weighted by atomic mass is 35.5. The van der Waals surface area contributed by atoms with Crippen LogP contribution in [0.2, 0.25) is 5.02 Å². The molecule has 1 atom stereocenters. The number of nitrogens with zero attached hydrogens (tertiary/aromatic N) is 4. The summed E-state index contributed by atoms with van der Waals surface area (Å²) < 4.78 is 5.58. The molecule has 2 aliphatic rings. The summed E-state index contributed by atoms with van der Waals surface area (Å²) in [4.78, 5) is 22.8. The maximum absolute atomic E-state index is 13.8. The van der Waals surface area contributed by atoms with Gasteiger partial charge in [-0.3, -0.25) is 4.79 Å². The third-order valence-corrected chi connectivity index (χ3v) is 7.35. The van der Waals surface area contributed by atoms with Crippen molar-refractivity contribution < 1.29 is 9.32 Å². The van der Waals surface area contributed by atoms with E-state index >= 15 is 0 Å². The molecule has 5 rings (SSSR count). The van der Waals surface area contributed by atoms with E-state index in [1.165, 1.54) is 11.3 Å². The number of benzene rings is 2. The van der Waals surface area contributed by atoms with Crippen LogP contribution in [0.3, 0.4) is 0 Å². The summed E-state index contributed by atoms with van der Waals surface area (Å²) >= 11 is 6.00. The topological polar surface area (TPSA) is 62.5 Å². The highest BCUT2D eigenvalue weighted by Gasteiger charge is 2.35. The van der Waals surface area contributed by atoms with Crippen molar-refractivity contribution in [3.05, 3.63) is 65.0 Å². The molecule has 2 fully saturated rings. The van der Waals surface area contributed by atoms with Gasteiger partial charge in [0.05, 0.1) is 5.92 Å². The third-order valence-electron chi connectivity index (χ3n) is 7.09. The summed E-state index contributed by atoms with van der Waals surface area (Å²) in [5.74, 6) is 1.20. The second-order valence-corrected chi connectivity index (χ2v) is 9.98. The molecule has 0 N–H and O–H groups in total. The Morgan fingerprint density at radius 1 is 1.06 bits per heavy atom. The molecule has 1 aliphatic heterocycles. The molecule has 2 aromatic carbocycles. The Labute approximate surface area is 205 Å². The molecule has 0 spiro atoms. The van der Waals surface area contributed by atoms with Gasteiger partial charge >= 0.3 is 0 Å². The molecule has 0 radical (unpaired) electrons. The van der Waals surface area contributed by atoms with Gasteiger partial charge in [0.15, 0.2) is 0 Å². The number of carbonyl (C=O) groups excluding carboxylic acids is 1. The van der Waals surface area contributed by atoms with Gasteiger partial charge in [0.25, 0.3) is 0 Å². The number of rotatable bonds is 6. The SMILES string of the molecule is Cc1ccc(N2CCCC(C(=O)N(Cc3nc(-c4ccc(Cl)cc4)no3)C3CCCC3)C2)cc1. The molecule has 1 saturated carbocycles. The second kappa shape index (κ2) is 10.2. The van der Waals surface area contributed by atoms with Crippen molar-refractivity contribution in [1.29, 1.82) is 0 Å². The van der Waals surface area contributed by atoms with Crippen LogP contribution in [0.1, 0.15) is 50.0 Å². The van der Waals surface area contributed by atoms with E-state index in [1.807, 2.05) is 29.2 Å². The molecule has 0 bridgehead atoms. The van der Waals surface area contributed by atoms with E-state index in [1.54, 1.807) is 0 Å². The zero-order valence-corrected chi connectivity index (χ0v) is 20.4. The molecular formula is C27H31ClN4O2. The lowest BCUT2D eigenvalue weighted by molar-refractivity contribution is -0.139. The highest BCUT2D eigenvalue weighted by Crippen LogP contribution is 2.30. The van der Waals surface area contributed by atoms with Crippen molar-refractivity contribution in [1.82, 2.24) is 15.0 Å². The summed E-state index contributed by atoms with van der Waals surface area (Å²) in [6.45, 7) is 4.21. The number of aromatic nitrogens is 2. The predicted octanol–water partition coefficient (Wildman–Crippen LogP) is 5.89. The van der Waals surface area contributed by atoms with Gasteiger partial charge in [-0.1, -0.05) is 47.3 Å².